The zero-order valence-electron chi connectivity index (χ0n) is 28.5. The van der Waals surface area contributed by atoms with Crippen LogP contribution in [0, 0.1) is 23.0 Å². The highest BCUT2D eigenvalue weighted by Gasteiger charge is 2.32. The van der Waals surface area contributed by atoms with Gasteiger partial charge in [0.2, 0.25) is 21.8 Å². The molecule has 3 N–H and O–H groups in total. The first-order valence-electron chi connectivity index (χ1n) is 16.4. The number of aromatic hydroxyl groups is 1. The molecule has 1 aliphatic heterocycles. The van der Waals surface area contributed by atoms with Gasteiger partial charge < -0.3 is 30.1 Å². The van der Waals surface area contributed by atoms with Crippen molar-refractivity contribution < 1.29 is 37.9 Å². The molecule has 0 saturated carbocycles. The molecule has 0 aromatic heterocycles. The fraction of sp³-hybridized carbons (Fsp3) is 0.429. The first-order valence-corrected chi connectivity index (χ1v) is 17.8. The van der Waals surface area contributed by atoms with Crippen molar-refractivity contribution in [3.8, 4) is 5.75 Å². The molecule has 3 aromatic rings. The molecule has 1 saturated heterocycles. The third kappa shape index (κ3) is 10.2. The number of hydrogen-bond acceptors (Lipinski definition) is 10. The second kappa shape index (κ2) is 17.4. The van der Waals surface area contributed by atoms with Gasteiger partial charge in [0.15, 0.2) is 0 Å². The number of phenols is 1. The van der Waals surface area contributed by atoms with Gasteiger partial charge in [0.05, 0.1) is 48.3 Å². The van der Waals surface area contributed by atoms with Gasteiger partial charge in [-0.1, -0.05) is 50.2 Å². The number of morpholine rings is 1. The molecule has 15 heteroatoms. The molecule has 2 amide bonds. The lowest BCUT2D eigenvalue weighted by atomic mass is 10.0. The zero-order valence-corrected chi connectivity index (χ0v) is 29.3. The number of hydrogen-bond donors (Lipinski definition) is 3. The number of nitrogens with zero attached hydrogens (tertiary/aromatic N) is 4. The Bertz CT molecular complexity index is 1720. The molecule has 0 unspecified atom stereocenters. The summed E-state index contributed by atoms with van der Waals surface area (Å²) in [5.74, 6) is -0.884. The Balaban J connectivity index is 1.59. The largest absolute Gasteiger partial charge is 0.508 e. The van der Waals surface area contributed by atoms with Crippen LogP contribution in [0.25, 0.3) is 0 Å². The van der Waals surface area contributed by atoms with Gasteiger partial charge in [0, 0.05) is 49.6 Å². The number of non-ortho nitro benzene ring substituents is 1. The van der Waals surface area contributed by atoms with E-state index in [1.165, 1.54) is 6.07 Å². The van der Waals surface area contributed by atoms with E-state index >= 15 is 0 Å². The van der Waals surface area contributed by atoms with Crippen molar-refractivity contribution >= 4 is 33.2 Å². The van der Waals surface area contributed by atoms with Gasteiger partial charge in [0.1, 0.15) is 5.75 Å². The van der Waals surface area contributed by atoms with Gasteiger partial charge in [0.25, 0.3) is 5.69 Å². The smallest absolute Gasteiger partial charge is 0.269 e. The Morgan fingerprint density at radius 3 is 2.26 bits per heavy atom. The van der Waals surface area contributed by atoms with Gasteiger partial charge >= 0.3 is 0 Å². The Hall–Kier alpha value is -4.57. The molecule has 50 heavy (non-hydrogen) atoms. The average molecular weight is 712 g/mol. The number of nitrogens with one attached hydrogen (secondary N) is 1. The molecular formula is C35H45N5O9S. The third-order valence-corrected chi connectivity index (χ3v) is 10.2. The number of amides is 2. The minimum atomic E-state index is -4.20. The Labute approximate surface area is 292 Å². The minimum absolute atomic E-state index is 0.00332. The summed E-state index contributed by atoms with van der Waals surface area (Å²) in [6.45, 7) is 6.19. The van der Waals surface area contributed by atoms with Crippen molar-refractivity contribution in [2.45, 2.75) is 44.2 Å². The number of anilines is 1. The van der Waals surface area contributed by atoms with Crippen LogP contribution in [0.15, 0.2) is 77.7 Å². The number of ether oxygens (including phenoxy) is 1. The molecule has 0 aliphatic carbocycles. The van der Waals surface area contributed by atoms with E-state index in [1.807, 2.05) is 44.2 Å². The fourth-order valence-corrected chi connectivity index (χ4v) is 7.36. The van der Waals surface area contributed by atoms with Gasteiger partial charge in [-0.15, -0.1) is 0 Å². The van der Waals surface area contributed by atoms with Crippen molar-refractivity contribution in [1.29, 1.82) is 0 Å². The standard InChI is InChI=1S/C35H45N5O9S/c1-25(2)21-39(50(47,48)29-14-12-28(13-15-29)40(45)46)22-33(42)30(20-27-8-5-4-6-9-27)36-34(43)23-38(31-10-7-11-32(41)26(31)3)24-35(44)37-16-18-49-19-17-37/h4-15,25,30,33,41-42H,16-24H2,1-3H3,(H,36,43)/t30-,33+/m0/s1. The third-order valence-electron chi connectivity index (χ3n) is 8.40. The molecule has 1 heterocycles. The summed E-state index contributed by atoms with van der Waals surface area (Å²) >= 11 is 0. The first kappa shape index (κ1) is 38.2. The summed E-state index contributed by atoms with van der Waals surface area (Å²) < 4.78 is 34.0. The van der Waals surface area contributed by atoms with Gasteiger partial charge in [-0.25, -0.2) is 8.42 Å². The van der Waals surface area contributed by atoms with E-state index in [-0.39, 0.29) is 60.8 Å². The summed E-state index contributed by atoms with van der Waals surface area (Å²) in [6.07, 6.45) is -1.21. The van der Waals surface area contributed by atoms with E-state index in [0.29, 0.717) is 37.6 Å². The van der Waals surface area contributed by atoms with Crippen LogP contribution in [0.5, 0.6) is 5.75 Å². The number of rotatable bonds is 16. The lowest BCUT2D eigenvalue weighted by molar-refractivity contribution is -0.384. The van der Waals surface area contributed by atoms with Crippen LogP contribution >= 0.6 is 0 Å². The second-order valence-electron chi connectivity index (χ2n) is 12.7. The molecule has 0 spiro atoms. The Kier molecular flexibility index (Phi) is 13.3. The maximum atomic E-state index is 13.8. The van der Waals surface area contributed by atoms with Crippen LogP contribution in [0.4, 0.5) is 11.4 Å². The highest BCUT2D eigenvalue weighted by atomic mass is 32.2. The van der Waals surface area contributed by atoms with Gasteiger partial charge in [-0.2, -0.15) is 4.31 Å². The number of phenolic OH excluding ortho intramolecular Hbond substituents is 1. The predicted octanol–water partition coefficient (Wildman–Crippen LogP) is 2.71. The fourth-order valence-electron chi connectivity index (χ4n) is 5.74. The number of carbonyl (C=O) groups excluding carboxylic acids is 2. The molecule has 3 aromatic carbocycles. The van der Waals surface area contributed by atoms with Crippen LogP contribution in [0.1, 0.15) is 25.0 Å². The van der Waals surface area contributed by atoms with E-state index in [1.54, 1.807) is 28.9 Å². The van der Waals surface area contributed by atoms with Crippen LogP contribution in [0.2, 0.25) is 0 Å². The Morgan fingerprint density at radius 1 is 0.980 bits per heavy atom. The van der Waals surface area contributed by atoms with E-state index < -0.39 is 33.0 Å². The average Bonchev–Trinajstić information content (AvgIpc) is 3.09. The number of aliphatic hydroxyl groups is 1. The highest BCUT2D eigenvalue weighted by Crippen LogP contribution is 2.28. The number of nitro groups is 1. The lowest BCUT2D eigenvalue weighted by Crippen LogP contribution is -2.53. The molecule has 270 valence electrons. The summed E-state index contributed by atoms with van der Waals surface area (Å²) in [5, 5.41) is 36.1. The van der Waals surface area contributed by atoms with Crippen molar-refractivity contribution in [2.75, 3.05) is 57.4 Å². The van der Waals surface area contributed by atoms with Crippen molar-refractivity contribution in [2.24, 2.45) is 5.92 Å². The lowest BCUT2D eigenvalue weighted by Gasteiger charge is -2.33. The quantitative estimate of drug-likeness (QED) is 0.148. The minimum Gasteiger partial charge on any atom is -0.508 e. The number of nitro benzene ring substituents is 1. The number of carbonyl (C=O) groups is 2. The Morgan fingerprint density at radius 2 is 1.64 bits per heavy atom. The van der Waals surface area contributed by atoms with E-state index in [0.717, 1.165) is 34.1 Å². The van der Waals surface area contributed by atoms with E-state index in [4.69, 9.17) is 4.74 Å². The maximum Gasteiger partial charge on any atom is 0.269 e. The summed E-state index contributed by atoms with van der Waals surface area (Å²) in [4.78, 5) is 40.7. The predicted molar refractivity (Wildman–Crippen MR) is 187 cm³/mol. The zero-order chi connectivity index (χ0) is 36.4. The molecular weight excluding hydrogens is 666 g/mol. The molecule has 14 nitrogen and oxygen atoms in total. The molecule has 0 radical (unpaired) electrons. The monoisotopic (exact) mass is 711 g/mol. The molecule has 4 rings (SSSR count). The SMILES string of the molecule is Cc1c(O)cccc1N(CC(=O)N[C@@H](Cc1ccccc1)[C@H](O)CN(CC(C)C)S(=O)(=O)c1ccc([N+](=O)[O-])cc1)CC(=O)N1CCOCC1. The molecule has 0 bridgehead atoms. The van der Waals surface area contributed by atoms with Crippen LogP contribution in [-0.2, 0) is 30.8 Å². The molecule has 1 aliphatic rings. The number of benzene rings is 3. The van der Waals surface area contributed by atoms with Gasteiger partial charge in [-0.3, -0.25) is 19.7 Å². The summed E-state index contributed by atoms with van der Waals surface area (Å²) in [6, 6.07) is 17.5. The van der Waals surface area contributed by atoms with Crippen molar-refractivity contribution in [3.63, 3.8) is 0 Å². The topological polar surface area (TPSA) is 183 Å². The van der Waals surface area contributed by atoms with Gasteiger partial charge in [-0.05, 0) is 49.1 Å². The second-order valence-corrected chi connectivity index (χ2v) is 14.6. The normalized spacial score (nSPS) is 14.7. The summed E-state index contributed by atoms with van der Waals surface area (Å²) in [5.41, 5.74) is 1.50. The highest BCUT2D eigenvalue weighted by molar-refractivity contribution is 7.89. The van der Waals surface area contributed by atoms with Crippen LogP contribution in [-0.4, -0.2) is 109 Å². The van der Waals surface area contributed by atoms with Crippen LogP contribution in [0.3, 0.4) is 0 Å². The number of aliphatic hydroxyl groups excluding tert-OH is 1. The van der Waals surface area contributed by atoms with Crippen LogP contribution < -0.4 is 10.2 Å². The molecule has 1 fully saturated rings. The number of sulfonamides is 1. The maximum absolute atomic E-state index is 13.8. The summed E-state index contributed by atoms with van der Waals surface area (Å²) in [7, 11) is -4.20. The first-order chi connectivity index (χ1) is 23.8. The van der Waals surface area contributed by atoms with Crippen molar-refractivity contribution in [3.05, 3.63) is 94.0 Å². The van der Waals surface area contributed by atoms with E-state index in [2.05, 4.69) is 5.32 Å². The van der Waals surface area contributed by atoms with Crippen molar-refractivity contribution in [1.82, 2.24) is 14.5 Å². The molecule has 2 atom stereocenters. The van der Waals surface area contributed by atoms with E-state index in [9.17, 15) is 38.3 Å².